The van der Waals surface area contributed by atoms with Crippen molar-refractivity contribution in [3.05, 3.63) is 29.3 Å². The summed E-state index contributed by atoms with van der Waals surface area (Å²) in [5.74, 6) is -0.386. The number of ketones is 1. The Kier molecular flexibility index (Phi) is 2.64. The Morgan fingerprint density at radius 3 is 2.75 bits per heavy atom. The van der Waals surface area contributed by atoms with Gasteiger partial charge in [-0.25, -0.2) is 0 Å². The predicted molar refractivity (Wildman–Crippen MR) is 56.7 cm³/mol. The fourth-order valence-corrected chi connectivity index (χ4v) is 2.07. The van der Waals surface area contributed by atoms with Gasteiger partial charge in [0, 0.05) is 17.5 Å². The van der Waals surface area contributed by atoms with Gasteiger partial charge in [-0.05, 0) is 6.07 Å². The molecule has 0 fully saturated rings. The molecule has 1 atom stereocenters. The Morgan fingerprint density at radius 1 is 1.38 bits per heavy atom. The highest BCUT2D eigenvalue weighted by Gasteiger charge is 2.37. The van der Waals surface area contributed by atoms with Crippen LogP contribution in [0.25, 0.3) is 0 Å². The largest absolute Gasteiger partial charge is 0.496 e. The van der Waals surface area contributed by atoms with Gasteiger partial charge in [-0.15, -0.1) is 0 Å². The molecule has 0 saturated carbocycles. The van der Waals surface area contributed by atoms with Crippen LogP contribution in [0.4, 0.5) is 0 Å². The number of benzene rings is 1. The average Bonchev–Trinajstić information content (AvgIpc) is 2.66. The summed E-state index contributed by atoms with van der Waals surface area (Å²) in [4.78, 5) is 23.3. The minimum atomic E-state index is -0.524. The van der Waals surface area contributed by atoms with Gasteiger partial charge in [0.25, 0.3) is 0 Å². The summed E-state index contributed by atoms with van der Waals surface area (Å²) in [6, 6.07) is 5.20. The van der Waals surface area contributed by atoms with E-state index in [1.165, 1.54) is 14.2 Å². The molecular weight excluding hydrogens is 208 g/mol. The normalized spacial score (nSPS) is 18.1. The summed E-state index contributed by atoms with van der Waals surface area (Å²) >= 11 is 0. The molecule has 0 saturated heterocycles. The van der Waals surface area contributed by atoms with Crippen molar-refractivity contribution >= 4 is 11.8 Å². The molecule has 0 aliphatic heterocycles. The van der Waals surface area contributed by atoms with Gasteiger partial charge in [0.05, 0.1) is 20.1 Å². The van der Waals surface area contributed by atoms with Crippen molar-refractivity contribution in [2.24, 2.45) is 0 Å². The van der Waals surface area contributed by atoms with Gasteiger partial charge in [-0.3, -0.25) is 9.59 Å². The maximum absolute atomic E-state index is 11.7. The zero-order valence-electron chi connectivity index (χ0n) is 9.15. The first-order chi connectivity index (χ1) is 7.69. The van der Waals surface area contributed by atoms with Gasteiger partial charge in [0.15, 0.2) is 5.78 Å². The standard InChI is InChI=1S/C12H12O4/c1-15-10-5-3-4-7-9(13)6-8(11(7)10)12(14)16-2/h3-5,8H,6H2,1-2H3. The van der Waals surface area contributed by atoms with Gasteiger partial charge in [0.1, 0.15) is 5.75 Å². The van der Waals surface area contributed by atoms with E-state index in [9.17, 15) is 9.59 Å². The zero-order valence-corrected chi connectivity index (χ0v) is 9.15. The molecule has 1 aliphatic rings. The van der Waals surface area contributed by atoms with Gasteiger partial charge in [0.2, 0.25) is 0 Å². The molecule has 2 rings (SSSR count). The lowest BCUT2D eigenvalue weighted by molar-refractivity contribution is -0.142. The first-order valence-corrected chi connectivity index (χ1v) is 4.97. The van der Waals surface area contributed by atoms with Crippen LogP contribution in [0.3, 0.4) is 0 Å². The molecule has 0 spiro atoms. The van der Waals surface area contributed by atoms with Gasteiger partial charge < -0.3 is 9.47 Å². The van der Waals surface area contributed by atoms with E-state index in [1.54, 1.807) is 18.2 Å². The molecule has 1 aliphatic carbocycles. The molecule has 4 nitrogen and oxygen atoms in total. The minimum Gasteiger partial charge on any atom is -0.496 e. The lowest BCUT2D eigenvalue weighted by atomic mass is 10.0. The van der Waals surface area contributed by atoms with Gasteiger partial charge in [-0.2, -0.15) is 0 Å². The van der Waals surface area contributed by atoms with Crippen LogP contribution in [0.2, 0.25) is 0 Å². The third-order valence-corrected chi connectivity index (χ3v) is 2.81. The molecular formula is C12H12O4. The number of hydrogen-bond acceptors (Lipinski definition) is 4. The third-order valence-electron chi connectivity index (χ3n) is 2.81. The van der Waals surface area contributed by atoms with E-state index in [-0.39, 0.29) is 12.2 Å². The van der Waals surface area contributed by atoms with Crippen molar-refractivity contribution < 1.29 is 19.1 Å². The number of fused-ring (bicyclic) bond motifs is 1. The van der Waals surface area contributed by atoms with Crippen LogP contribution in [-0.4, -0.2) is 26.0 Å². The Labute approximate surface area is 93.2 Å². The van der Waals surface area contributed by atoms with Crippen molar-refractivity contribution in [1.82, 2.24) is 0 Å². The van der Waals surface area contributed by atoms with Crippen molar-refractivity contribution in [2.45, 2.75) is 12.3 Å². The molecule has 16 heavy (non-hydrogen) atoms. The van der Waals surface area contributed by atoms with Crippen LogP contribution in [0.1, 0.15) is 28.3 Å². The van der Waals surface area contributed by atoms with Crippen LogP contribution in [0.15, 0.2) is 18.2 Å². The summed E-state index contributed by atoms with van der Waals surface area (Å²) < 4.78 is 9.86. The fourth-order valence-electron chi connectivity index (χ4n) is 2.07. The Bertz CT molecular complexity index is 450. The number of methoxy groups -OCH3 is 2. The highest BCUT2D eigenvalue weighted by Crippen LogP contribution is 2.39. The first-order valence-electron chi connectivity index (χ1n) is 4.97. The van der Waals surface area contributed by atoms with Crippen LogP contribution < -0.4 is 4.74 Å². The van der Waals surface area contributed by atoms with E-state index in [4.69, 9.17) is 9.47 Å². The number of hydrogen-bond donors (Lipinski definition) is 0. The van der Waals surface area contributed by atoms with Crippen LogP contribution >= 0.6 is 0 Å². The molecule has 1 unspecified atom stereocenters. The first kappa shape index (κ1) is 10.7. The summed E-state index contributed by atoms with van der Waals surface area (Å²) in [6.45, 7) is 0. The van der Waals surface area contributed by atoms with E-state index in [0.717, 1.165) is 0 Å². The van der Waals surface area contributed by atoms with Crippen LogP contribution in [-0.2, 0) is 9.53 Å². The fraction of sp³-hybridized carbons (Fsp3) is 0.333. The maximum Gasteiger partial charge on any atom is 0.313 e. The monoisotopic (exact) mass is 220 g/mol. The third kappa shape index (κ3) is 1.46. The molecule has 0 bridgehead atoms. The van der Waals surface area contributed by atoms with E-state index >= 15 is 0 Å². The molecule has 0 radical (unpaired) electrons. The summed E-state index contributed by atoms with van der Waals surface area (Å²) in [5.41, 5.74) is 1.22. The molecule has 1 aromatic carbocycles. The quantitative estimate of drug-likeness (QED) is 0.709. The smallest absolute Gasteiger partial charge is 0.313 e. The topological polar surface area (TPSA) is 52.6 Å². The highest BCUT2D eigenvalue weighted by molar-refractivity contribution is 6.06. The van der Waals surface area contributed by atoms with E-state index < -0.39 is 11.9 Å². The van der Waals surface area contributed by atoms with Gasteiger partial charge >= 0.3 is 5.97 Å². The number of carbonyl (C=O) groups excluding carboxylic acids is 2. The Hall–Kier alpha value is -1.84. The lowest BCUT2D eigenvalue weighted by Crippen LogP contribution is -2.12. The highest BCUT2D eigenvalue weighted by atomic mass is 16.5. The number of esters is 1. The lowest BCUT2D eigenvalue weighted by Gasteiger charge is -2.11. The molecule has 0 aromatic heterocycles. The molecule has 84 valence electrons. The summed E-state index contributed by atoms with van der Waals surface area (Å²) in [6.07, 6.45) is 0.169. The Balaban J connectivity index is 2.54. The van der Waals surface area contributed by atoms with E-state index in [2.05, 4.69) is 0 Å². The average molecular weight is 220 g/mol. The minimum absolute atomic E-state index is 0.0377. The van der Waals surface area contributed by atoms with Crippen molar-refractivity contribution in [1.29, 1.82) is 0 Å². The summed E-state index contributed by atoms with van der Waals surface area (Å²) in [5, 5.41) is 0. The number of carbonyl (C=O) groups is 2. The predicted octanol–water partition coefficient (Wildman–Crippen LogP) is 1.54. The second-order valence-corrected chi connectivity index (χ2v) is 3.62. The second kappa shape index (κ2) is 3.96. The van der Waals surface area contributed by atoms with Crippen molar-refractivity contribution in [2.75, 3.05) is 14.2 Å². The molecule has 0 heterocycles. The van der Waals surface area contributed by atoms with Crippen molar-refractivity contribution in [3.8, 4) is 5.75 Å². The molecule has 0 amide bonds. The number of Topliss-reactive ketones (excluding diaryl/α,β-unsaturated/α-hetero) is 1. The zero-order chi connectivity index (χ0) is 11.7. The van der Waals surface area contributed by atoms with Crippen LogP contribution in [0, 0.1) is 0 Å². The Morgan fingerprint density at radius 2 is 2.12 bits per heavy atom. The van der Waals surface area contributed by atoms with E-state index in [1.807, 2.05) is 0 Å². The summed E-state index contributed by atoms with van der Waals surface area (Å²) in [7, 11) is 2.84. The SMILES string of the molecule is COC(=O)C1CC(=O)c2cccc(OC)c21. The second-order valence-electron chi connectivity index (χ2n) is 3.62. The molecule has 4 heteroatoms. The molecule has 0 N–H and O–H groups in total. The van der Waals surface area contributed by atoms with Gasteiger partial charge in [-0.1, -0.05) is 12.1 Å². The number of ether oxygens (including phenoxy) is 2. The number of rotatable bonds is 2. The van der Waals surface area contributed by atoms with Crippen LogP contribution in [0.5, 0.6) is 5.75 Å². The maximum atomic E-state index is 11.7. The molecule has 1 aromatic rings. The van der Waals surface area contributed by atoms with E-state index in [0.29, 0.717) is 16.9 Å². The van der Waals surface area contributed by atoms with Crippen molar-refractivity contribution in [3.63, 3.8) is 0 Å².